The molecule has 0 unspecified atom stereocenters. The van der Waals surface area contributed by atoms with E-state index in [0.717, 1.165) is 49.1 Å². The normalized spacial score (nSPS) is 11.8. The molecule has 0 saturated heterocycles. The fourth-order valence-corrected chi connectivity index (χ4v) is 4.42. The van der Waals surface area contributed by atoms with E-state index in [1.54, 1.807) is 6.07 Å². The molecule has 4 aromatic rings. The molecule has 4 rings (SSSR count). The average Bonchev–Trinajstić information content (AvgIpc) is 3.45. The highest BCUT2D eigenvalue weighted by Gasteiger charge is 2.34. The SMILES string of the molecule is CCCCCCCCOc1ccc(Nc2nc(-c3cc4ccccc4o3)cs2)cc1C(F)(F)F. The summed E-state index contributed by atoms with van der Waals surface area (Å²) in [5.41, 5.74) is 0.882. The number of fused-ring (bicyclic) bond motifs is 1. The maximum Gasteiger partial charge on any atom is 0.420 e. The third-order valence-electron chi connectivity index (χ3n) is 5.47. The van der Waals surface area contributed by atoms with Crippen molar-refractivity contribution in [2.24, 2.45) is 0 Å². The van der Waals surface area contributed by atoms with Crippen molar-refractivity contribution >= 4 is 33.1 Å². The van der Waals surface area contributed by atoms with Gasteiger partial charge in [0.15, 0.2) is 10.9 Å². The Morgan fingerprint density at radius 2 is 1.79 bits per heavy atom. The fourth-order valence-electron chi connectivity index (χ4n) is 3.70. The average molecular weight is 489 g/mol. The Hall–Kier alpha value is -3.00. The van der Waals surface area contributed by atoms with E-state index in [9.17, 15) is 13.2 Å². The monoisotopic (exact) mass is 488 g/mol. The summed E-state index contributed by atoms with van der Waals surface area (Å²) in [5, 5.41) is 6.22. The molecule has 2 aromatic heterocycles. The van der Waals surface area contributed by atoms with E-state index < -0.39 is 11.7 Å². The lowest BCUT2D eigenvalue weighted by molar-refractivity contribution is -0.138. The first-order valence-electron chi connectivity index (χ1n) is 11.5. The molecule has 0 aliphatic carbocycles. The van der Waals surface area contributed by atoms with E-state index in [1.807, 2.05) is 35.7 Å². The van der Waals surface area contributed by atoms with Gasteiger partial charge >= 0.3 is 6.18 Å². The molecule has 0 spiro atoms. The lowest BCUT2D eigenvalue weighted by Crippen LogP contribution is -2.10. The van der Waals surface area contributed by atoms with E-state index in [1.165, 1.54) is 23.8 Å². The number of ether oxygens (including phenoxy) is 1. The van der Waals surface area contributed by atoms with Gasteiger partial charge in [0.2, 0.25) is 0 Å². The molecule has 0 amide bonds. The van der Waals surface area contributed by atoms with Crippen LogP contribution in [0.3, 0.4) is 0 Å². The van der Waals surface area contributed by atoms with E-state index >= 15 is 0 Å². The Labute approximate surface area is 200 Å². The molecule has 4 nitrogen and oxygen atoms in total. The van der Waals surface area contributed by atoms with E-state index in [4.69, 9.17) is 9.15 Å². The van der Waals surface area contributed by atoms with Crippen molar-refractivity contribution in [3.05, 3.63) is 59.5 Å². The van der Waals surface area contributed by atoms with Crippen molar-refractivity contribution in [2.75, 3.05) is 11.9 Å². The number of nitrogens with one attached hydrogen (secondary N) is 1. The molecule has 0 aliphatic heterocycles. The second-order valence-electron chi connectivity index (χ2n) is 8.14. The number of thiazole rings is 1. The summed E-state index contributed by atoms with van der Waals surface area (Å²) >= 11 is 1.30. The number of rotatable bonds is 11. The third kappa shape index (κ3) is 6.11. The Bertz CT molecular complexity index is 1180. The van der Waals surface area contributed by atoms with Gasteiger partial charge in [-0.25, -0.2) is 4.98 Å². The predicted molar refractivity (Wildman–Crippen MR) is 131 cm³/mol. The summed E-state index contributed by atoms with van der Waals surface area (Å²) in [7, 11) is 0. The number of anilines is 2. The van der Waals surface area contributed by atoms with Gasteiger partial charge in [-0.05, 0) is 36.8 Å². The van der Waals surface area contributed by atoms with Crippen LogP contribution in [0.2, 0.25) is 0 Å². The summed E-state index contributed by atoms with van der Waals surface area (Å²) in [5.74, 6) is 0.466. The van der Waals surface area contributed by atoms with Crippen LogP contribution in [0.5, 0.6) is 5.75 Å². The molecular formula is C26H27F3N2O2S. The maximum atomic E-state index is 13.7. The predicted octanol–water partition coefficient (Wildman–Crippen LogP) is 9.06. The number of furan rings is 1. The standard InChI is InChI=1S/C26H27F3N2O2S/c1-2-3-4-5-6-9-14-32-23-13-12-19(16-20(23)26(27,28)29)30-25-31-21(17-34-25)24-15-18-10-7-8-11-22(18)33-24/h7-8,10-13,15-17H,2-6,9,14H2,1H3,(H,30,31). The molecule has 0 aliphatic rings. The molecule has 2 heterocycles. The van der Waals surface area contributed by atoms with Gasteiger partial charge < -0.3 is 14.5 Å². The van der Waals surface area contributed by atoms with E-state index in [-0.39, 0.29) is 12.4 Å². The third-order valence-corrected chi connectivity index (χ3v) is 6.23. The van der Waals surface area contributed by atoms with Crippen LogP contribution in [0.4, 0.5) is 24.0 Å². The Kier molecular flexibility index (Phi) is 7.77. The number of hydrogen-bond donors (Lipinski definition) is 1. The number of nitrogens with zero attached hydrogens (tertiary/aromatic N) is 1. The van der Waals surface area contributed by atoms with Gasteiger partial charge in [-0.15, -0.1) is 11.3 Å². The molecule has 0 fully saturated rings. The second-order valence-corrected chi connectivity index (χ2v) is 8.99. The van der Waals surface area contributed by atoms with Crippen LogP contribution in [0.1, 0.15) is 51.0 Å². The van der Waals surface area contributed by atoms with Crippen molar-refractivity contribution < 1.29 is 22.3 Å². The zero-order valence-corrected chi connectivity index (χ0v) is 19.8. The minimum absolute atomic E-state index is 0.145. The smallest absolute Gasteiger partial charge is 0.420 e. The number of alkyl halides is 3. The summed E-state index contributed by atoms with van der Waals surface area (Å²) in [6, 6.07) is 13.5. The number of unbranched alkanes of at least 4 members (excludes halogenated alkanes) is 5. The molecule has 180 valence electrons. The molecular weight excluding hydrogens is 461 g/mol. The van der Waals surface area contributed by atoms with Crippen LogP contribution in [-0.2, 0) is 6.18 Å². The van der Waals surface area contributed by atoms with Crippen molar-refractivity contribution in [2.45, 2.75) is 51.6 Å². The minimum atomic E-state index is -4.52. The summed E-state index contributed by atoms with van der Waals surface area (Å²) < 4.78 is 52.3. The Morgan fingerprint density at radius 3 is 2.59 bits per heavy atom. The molecule has 0 saturated carbocycles. The van der Waals surface area contributed by atoms with Gasteiger partial charge in [-0.1, -0.05) is 57.2 Å². The van der Waals surface area contributed by atoms with E-state index in [0.29, 0.717) is 22.3 Å². The maximum absolute atomic E-state index is 13.7. The highest BCUT2D eigenvalue weighted by atomic mass is 32.1. The first kappa shape index (κ1) is 24.1. The molecule has 0 bridgehead atoms. The highest BCUT2D eigenvalue weighted by Crippen LogP contribution is 2.39. The van der Waals surface area contributed by atoms with Gasteiger partial charge in [-0.3, -0.25) is 0 Å². The Balaban J connectivity index is 1.42. The molecule has 0 atom stereocenters. The fraction of sp³-hybridized carbons (Fsp3) is 0.346. The highest BCUT2D eigenvalue weighted by molar-refractivity contribution is 7.14. The van der Waals surface area contributed by atoms with Crippen molar-refractivity contribution in [3.8, 4) is 17.2 Å². The zero-order chi connectivity index (χ0) is 24.0. The molecule has 34 heavy (non-hydrogen) atoms. The number of halogens is 3. The van der Waals surface area contributed by atoms with Crippen LogP contribution in [0.15, 0.2) is 58.3 Å². The zero-order valence-electron chi connectivity index (χ0n) is 19.0. The van der Waals surface area contributed by atoms with Gasteiger partial charge in [0.05, 0.1) is 12.2 Å². The lowest BCUT2D eigenvalue weighted by Gasteiger charge is -2.15. The van der Waals surface area contributed by atoms with Crippen LogP contribution >= 0.6 is 11.3 Å². The van der Waals surface area contributed by atoms with Gasteiger partial charge in [-0.2, -0.15) is 13.2 Å². The summed E-state index contributed by atoms with van der Waals surface area (Å²) in [6.07, 6.45) is 1.76. The van der Waals surface area contributed by atoms with Gasteiger partial charge in [0, 0.05) is 16.5 Å². The number of aromatic nitrogens is 1. The molecule has 1 N–H and O–H groups in total. The largest absolute Gasteiger partial charge is 0.493 e. The number of benzene rings is 2. The number of hydrogen-bond acceptors (Lipinski definition) is 5. The first-order valence-corrected chi connectivity index (χ1v) is 12.4. The van der Waals surface area contributed by atoms with Crippen LogP contribution in [0, 0.1) is 0 Å². The summed E-state index contributed by atoms with van der Waals surface area (Å²) in [4.78, 5) is 4.48. The number of para-hydroxylation sites is 1. The quantitative estimate of drug-likeness (QED) is 0.214. The summed E-state index contributed by atoms with van der Waals surface area (Å²) in [6.45, 7) is 2.42. The van der Waals surface area contributed by atoms with Crippen LogP contribution in [-0.4, -0.2) is 11.6 Å². The van der Waals surface area contributed by atoms with Crippen molar-refractivity contribution in [1.82, 2.24) is 4.98 Å². The minimum Gasteiger partial charge on any atom is -0.493 e. The van der Waals surface area contributed by atoms with Gasteiger partial charge in [0.25, 0.3) is 0 Å². The lowest BCUT2D eigenvalue weighted by atomic mass is 10.1. The first-order chi connectivity index (χ1) is 16.4. The van der Waals surface area contributed by atoms with E-state index in [2.05, 4.69) is 17.2 Å². The molecule has 0 radical (unpaired) electrons. The molecule has 8 heteroatoms. The second kappa shape index (κ2) is 11.0. The van der Waals surface area contributed by atoms with Crippen LogP contribution < -0.4 is 10.1 Å². The molecule has 2 aromatic carbocycles. The van der Waals surface area contributed by atoms with Crippen LogP contribution in [0.25, 0.3) is 22.4 Å². The topological polar surface area (TPSA) is 47.3 Å². The van der Waals surface area contributed by atoms with Gasteiger partial charge in [0.1, 0.15) is 17.0 Å². The van der Waals surface area contributed by atoms with Crippen molar-refractivity contribution in [1.29, 1.82) is 0 Å². The Morgan fingerprint density at radius 1 is 1.00 bits per heavy atom. The van der Waals surface area contributed by atoms with Crippen molar-refractivity contribution in [3.63, 3.8) is 0 Å².